The smallest absolute Gasteiger partial charge is 0.165 e. The van der Waals surface area contributed by atoms with Crippen molar-refractivity contribution >= 4 is 39.2 Å². The minimum Gasteiger partial charge on any atom is -0.457 e. The molecule has 0 spiro atoms. The third-order valence-electron chi connectivity index (χ3n) is 6.25. The SMILES string of the molecule is COC(C)C(=O)Cc1ccc2ncnc(Nc3ccc(Oc4ccc5c(c4)ncn5C)c(C)c3)c2c1. The van der Waals surface area contributed by atoms with Gasteiger partial charge in [0.05, 0.1) is 22.9 Å². The fourth-order valence-corrected chi connectivity index (χ4v) is 4.07. The minimum atomic E-state index is -0.445. The molecule has 0 saturated carbocycles. The van der Waals surface area contributed by atoms with Crippen LogP contribution in [0.3, 0.4) is 0 Å². The number of fused-ring (bicyclic) bond motifs is 2. The number of benzene rings is 3. The average molecular weight is 482 g/mol. The van der Waals surface area contributed by atoms with Crippen LogP contribution in [-0.4, -0.2) is 38.5 Å². The molecule has 5 aromatic rings. The van der Waals surface area contributed by atoms with Crippen molar-refractivity contribution < 1.29 is 14.3 Å². The number of ether oxygens (including phenoxy) is 2. The Bertz CT molecular complexity index is 1580. The number of nitrogens with one attached hydrogen (secondary N) is 1. The quantitative estimate of drug-likeness (QED) is 0.313. The number of carbonyl (C=O) groups is 1. The number of carbonyl (C=O) groups excluding carboxylic acids is 1. The van der Waals surface area contributed by atoms with Crippen LogP contribution >= 0.6 is 0 Å². The highest BCUT2D eigenvalue weighted by molar-refractivity contribution is 5.92. The van der Waals surface area contributed by atoms with Gasteiger partial charge in [-0.05, 0) is 67.4 Å². The van der Waals surface area contributed by atoms with Gasteiger partial charge < -0.3 is 19.4 Å². The molecular weight excluding hydrogens is 454 g/mol. The maximum Gasteiger partial charge on any atom is 0.165 e. The molecule has 0 aliphatic rings. The number of Topliss-reactive ketones (excluding diaryl/α,β-unsaturated/α-hetero) is 1. The van der Waals surface area contributed by atoms with Crippen molar-refractivity contribution in [3.05, 3.63) is 78.4 Å². The molecule has 5 rings (SSSR count). The molecule has 0 fully saturated rings. The lowest BCUT2D eigenvalue weighted by Gasteiger charge is -2.13. The highest BCUT2D eigenvalue weighted by Gasteiger charge is 2.14. The molecule has 2 heterocycles. The third-order valence-corrected chi connectivity index (χ3v) is 6.25. The van der Waals surface area contributed by atoms with Crippen molar-refractivity contribution in [3.8, 4) is 11.5 Å². The topological polar surface area (TPSA) is 91.2 Å². The number of anilines is 2. The summed E-state index contributed by atoms with van der Waals surface area (Å²) in [5.74, 6) is 2.19. The van der Waals surface area contributed by atoms with E-state index in [0.29, 0.717) is 5.82 Å². The van der Waals surface area contributed by atoms with Crippen molar-refractivity contribution in [2.24, 2.45) is 7.05 Å². The first kappa shape index (κ1) is 23.4. The minimum absolute atomic E-state index is 0.0246. The molecule has 3 aromatic carbocycles. The van der Waals surface area contributed by atoms with Crippen LogP contribution in [-0.2, 0) is 23.0 Å². The number of ketones is 1. The van der Waals surface area contributed by atoms with Gasteiger partial charge in [-0.3, -0.25) is 4.79 Å². The van der Waals surface area contributed by atoms with Crippen LogP contribution in [0.1, 0.15) is 18.1 Å². The monoisotopic (exact) mass is 481 g/mol. The van der Waals surface area contributed by atoms with E-state index in [1.807, 2.05) is 73.1 Å². The number of imidazole rings is 1. The maximum atomic E-state index is 12.3. The molecule has 0 bridgehead atoms. The molecule has 8 heteroatoms. The van der Waals surface area contributed by atoms with E-state index >= 15 is 0 Å². The second kappa shape index (κ2) is 9.75. The van der Waals surface area contributed by atoms with E-state index in [4.69, 9.17) is 9.47 Å². The first-order valence-corrected chi connectivity index (χ1v) is 11.7. The van der Waals surface area contributed by atoms with Crippen molar-refractivity contribution in [2.45, 2.75) is 26.4 Å². The molecular formula is C28H27N5O3. The van der Waals surface area contributed by atoms with Crippen LogP contribution in [0.25, 0.3) is 21.9 Å². The Labute approximate surface area is 208 Å². The second-order valence-electron chi connectivity index (χ2n) is 8.81. The first-order chi connectivity index (χ1) is 17.4. The maximum absolute atomic E-state index is 12.3. The number of hydrogen-bond acceptors (Lipinski definition) is 7. The van der Waals surface area contributed by atoms with Gasteiger partial charge in [-0.15, -0.1) is 0 Å². The Hall–Kier alpha value is -4.30. The van der Waals surface area contributed by atoms with Crippen LogP contribution in [0.5, 0.6) is 11.5 Å². The Morgan fingerprint density at radius 2 is 1.89 bits per heavy atom. The Morgan fingerprint density at radius 3 is 2.69 bits per heavy atom. The highest BCUT2D eigenvalue weighted by Crippen LogP contribution is 2.31. The van der Waals surface area contributed by atoms with Crippen LogP contribution in [0, 0.1) is 6.92 Å². The average Bonchev–Trinajstić information content (AvgIpc) is 3.25. The van der Waals surface area contributed by atoms with Crippen molar-refractivity contribution in [1.29, 1.82) is 0 Å². The third kappa shape index (κ3) is 4.76. The molecule has 2 aromatic heterocycles. The number of nitrogens with zero attached hydrogens (tertiary/aromatic N) is 4. The fourth-order valence-electron chi connectivity index (χ4n) is 4.07. The van der Waals surface area contributed by atoms with Gasteiger partial charge in [0.25, 0.3) is 0 Å². The zero-order valence-corrected chi connectivity index (χ0v) is 20.6. The first-order valence-electron chi connectivity index (χ1n) is 11.7. The van der Waals surface area contributed by atoms with Gasteiger partial charge in [0.2, 0.25) is 0 Å². The summed E-state index contributed by atoms with van der Waals surface area (Å²) < 4.78 is 13.3. The van der Waals surface area contributed by atoms with Crippen molar-refractivity contribution in [2.75, 3.05) is 12.4 Å². The highest BCUT2D eigenvalue weighted by atomic mass is 16.5. The van der Waals surface area contributed by atoms with Crippen LogP contribution in [0.15, 0.2) is 67.3 Å². The predicted octanol–water partition coefficient (Wildman–Crippen LogP) is 5.51. The lowest BCUT2D eigenvalue weighted by molar-refractivity contribution is -0.127. The molecule has 182 valence electrons. The molecule has 8 nitrogen and oxygen atoms in total. The normalized spacial score (nSPS) is 12.1. The van der Waals surface area contributed by atoms with Crippen molar-refractivity contribution in [3.63, 3.8) is 0 Å². The summed E-state index contributed by atoms with van der Waals surface area (Å²) in [5, 5.41) is 4.23. The second-order valence-corrected chi connectivity index (χ2v) is 8.81. The Balaban J connectivity index is 1.37. The number of hydrogen-bond donors (Lipinski definition) is 1. The molecule has 0 saturated heterocycles. The van der Waals surface area contributed by atoms with E-state index in [1.165, 1.54) is 13.4 Å². The van der Waals surface area contributed by atoms with E-state index in [-0.39, 0.29) is 12.2 Å². The molecule has 0 aliphatic carbocycles. The van der Waals surface area contributed by atoms with Gasteiger partial charge >= 0.3 is 0 Å². The van der Waals surface area contributed by atoms with E-state index in [2.05, 4.69) is 20.3 Å². The summed E-state index contributed by atoms with van der Waals surface area (Å²) in [4.78, 5) is 25.6. The zero-order chi connectivity index (χ0) is 25.2. The van der Waals surface area contributed by atoms with Crippen LogP contribution in [0.4, 0.5) is 11.5 Å². The number of aromatic nitrogens is 4. The van der Waals surface area contributed by atoms with Crippen molar-refractivity contribution in [1.82, 2.24) is 19.5 Å². The van der Waals surface area contributed by atoms with E-state index in [1.54, 1.807) is 13.3 Å². The fraction of sp³-hybridized carbons (Fsp3) is 0.214. The molecule has 1 N–H and O–H groups in total. The number of aryl methyl sites for hydroxylation is 2. The largest absolute Gasteiger partial charge is 0.457 e. The molecule has 1 atom stereocenters. The van der Waals surface area contributed by atoms with Gasteiger partial charge in [0.15, 0.2) is 5.78 Å². The predicted molar refractivity (Wildman–Crippen MR) is 140 cm³/mol. The van der Waals surface area contributed by atoms with Gasteiger partial charge in [0.1, 0.15) is 29.7 Å². The molecule has 0 aliphatic heterocycles. The zero-order valence-electron chi connectivity index (χ0n) is 20.6. The molecule has 0 amide bonds. The van der Waals surface area contributed by atoms with E-state index in [0.717, 1.165) is 50.2 Å². The van der Waals surface area contributed by atoms with Gasteiger partial charge in [-0.1, -0.05) is 6.07 Å². The molecule has 1 unspecified atom stereocenters. The number of rotatable bonds is 8. The standard InChI is InChI=1S/C28H27N5O3/c1-17-11-20(6-10-27(17)36-21-7-9-25-24(14-21)31-16-33(25)3)32-28-22-12-19(13-26(34)18(2)35-4)5-8-23(22)29-15-30-28/h5-12,14-16,18H,13H2,1-4H3,(H,29,30,32). The summed E-state index contributed by atoms with van der Waals surface area (Å²) in [6.07, 6.45) is 3.16. The molecule has 0 radical (unpaired) electrons. The lowest BCUT2D eigenvalue weighted by Crippen LogP contribution is -2.20. The lowest BCUT2D eigenvalue weighted by atomic mass is 10.0. The Morgan fingerprint density at radius 1 is 1.03 bits per heavy atom. The van der Waals surface area contributed by atoms with Gasteiger partial charge in [-0.2, -0.15) is 0 Å². The number of methoxy groups -OCH3 is 1. The summed E-state index contributed by atoms with van der Waals surface area (Å²) in [7, 11) is 3.50. The van der Waals surface area contributed by atoms with E-state index < -0.39 is 6.10 Å². The van der Waals surface area contributed by atoms with Gasteiger partial charge in [0, 0.05) is 37.7 Å². The van der Waals surface area contributed by atoms with Crippen LogP contribution < -0.4 is 10.1 Å². The summed E-state index contributed by atoms with van der Waals surface area (Å²) in [6, 6.07) is 17.5. The van der Waals surface area contributed by atoms with Gasteiger partial charge in [-0.25, -0.2) is 15.0 Å². The Kier molecular flexibility index (Phi) is 6.35. The van der Waals surface area contributed by atoms with Crippen LogP contribution in [0.2, 0.25) is 0 Å². The summed E-state index contributed by atoms with van der Waals surface area (Å²) in [5.41, 5.74) is 5.47. The summed E-state index contributed by atoms with van der Waals surface area (Å²) >= 11 is 0. The van der Waals surface area contributed by atoms with E-state index in [9.17, 15) is 4.79 Å². The summed E-state index contributed by atoms with van der Waals surface area (Å²) in [6.45, 7) is 3.75. The molecule has 36 heavy (non-hydrogen) atoms.